The first-order valence-electron chi connectivity index (χ1n) is 8.61. The minimum atomic E-state index is -0.890. The highest BCUT2D eigenvalue weighted by Gasteiger charge is 2.38. The molecule has 0 aromatic heterocycles. The summed E-state index contributed by atoms with van der Waals surface area (Å²) in [5.74, 6) is -1.36. The van der Waals surface area contributed by atoms with Crippen LogP contribution in [0.25, 0.3) is 11.1 Å². The molecule has 0 saturated heterocycles. The monoisotopic (exact) mass is 376 g/mol. The zero-order valence-corrected chi connectivity index (χ0v) is 15.1. The number of hydrogen-bond donors (Lipinski definition) is 2. The number of primary amides is 1. The average Bonchev–Trinajstić information content (AvgIpc) is 3.00. The van der Waals surface area contributed by atoms with E-state index in [0.717, 1.165) is 22.3 Å². The van der Waals surface area contributed by atoms with Crippen LogP contribution in [-0.4, -0.2) is 17.9 Å². The maximum atomic E-state index is 12.8. The zero-order chi connectivity index (χ0) is 19.0. The predicted octanol–water partition coefficient (Wildman–Crippen LogP) is 3.74. The second-order valence-electron chi connectivity index (χ2n) is 6.49. The number of rotatable bonds is 4. The summed E-state index contributed by atoms with van der Waals surface area (Å²) in [6, 6.07) is 21.6. The molecule has 0 saturated carbocycles. The van der Waals surface area contributed by atoms with Crippen LogP contribution >= 0.6 is 11.6 Å². The molecule has 3 aromatic carbocycles. The first-order valence-corrected chi connectivity index (χ1v) is 8.98. The fraction of sp³-hybridized carbons (Fsp3) is 0.0909. The summed E-state index contributed by atoms with van der Waals surface area (Å²) < 4.78 is 0. The lowest BCUT2D eigenvalue weighted by atomic mass is 9.88. The maximum absolute atomic E-state index is 12.8. The summed E-state index contributed by atoms with van der Waals surface area (Å²) in [5.41, 5.74) is 10.1. The van der Waals surface area contributed by atoms with Crippen LogP contribution < -0.4 is 11.1 Å². The molecule has 134 valence electrons. The summed E-state index contributed by atoms with van der Waals surface area (Å²) in [6.45, 7) is 0. The predicted molar refractivity (Wildman–Crippen MR) is 106 cm³/mol. The molecule has 4 rings (SSSR count). The van der Waals surface area contributed by atoms with Gasteiger partial charge in [-0.1, -0.05) is 72.3 Å². The summed E-state index contributed by atoms with van der Waals surface area (Å²) >= 11 is 6.13. The highest BCUT2D eigenvalue weighted by Crippen LogP contribution is 2.46. The van der Waals surface area contributed by atoms with Gasteiger partial charge < -0.3 is 11.1 Å². The topological polar surface area (TPSA) is 72.2 Å². The number of benzene rings is 3. The van der Waals surface area contributed by atoms with Gasteiger partial charge in [-0.15, -0.1) is 0 Å². The molecule has 0 spiro atoms. The highest BCUT2D eigenvalue weighted by molar-refractivity contribution is 6.33. The van der Waals surface area contributed by atoms with Gasteiger partial charge in [0.15, 0.2) is 0 Å². The second kappa shape index (κ2) is 6.89. The van der Waals surface area contributed by atoms with Gasteiger partial charge in [-0.2, -0.15) is 0 Å². The molecule has 0 aliphatic heterocycles. The smallest absolute Gasteiger partial charge is 0.253 e. The molecular formula is C22H17ClN2O2. The Balaban J connectivity index is 1.76. The Bertz CT molecular complexity index is 1000. The number of halogens is 1. The Labute approximate surface area is 162 Å². The van der Waals surface area contributed by atoms with Crippen molar-refractivity contribution in [2.75, 3.05) is 0 Å². The van der Waals surface area contributed by atoms with Crippen molar-refractivity contribution in [3.05, 3.63) is 94.5 Å². The molecule has 2 amide bonds. The van der Waals surface area contributed by atoms with Crippen LogP contribution in [-0.2, 0) is 4.79 Å². The van der Waals surface area contributed by atoms with Crippen molar-refractivity contribution >= 4 is 23.4 Å². The fourth-order valence-corrected chi connectivity index (χ4v) is 3.96. The Morgan fingerprint density at radius 3 is 1.93 bits per heavy atom. The Kier molecular flexibility index (Phi) is 4.42. The summed E-state index contributed by atoms with van der Waals surface area (Å²) in [7, 11) is 0. The number of amides is 2. The molecule has 0 unspecified atom stereocenters. The number of nitrogens with two attached hydrogens (primary N) is 1. The third-order valence-corrected chi connectivity index (χ3v) is 5.26. The van der Waals surface area contributed by atoms with Gasteiger partial charge in [0.1, 0.15) is 6.04 Å². The number of carbonyl (C=O) groups is 2. The molecular weight excluding hydrogens is 360 g/mol. The lowest BCUT2D eigenvalue weighted by molar-refractivity contribution is -0.120. The van der Waals surface area contributed by atoms with Gasteiger partial charge in [-0.25, -0.2) is 0 Å². The van der Waals surface area contributed by atoms with E-state index in [1.165, 1.54) is 0 Å². The van der Waals surface area contributed by atoms with E-state index in [-0.39, 0.29) is 5.92 Å². The van der Waals surface area contributed by atoms with Gasteiger partial charge in [0, 0.05) is 5.92 Å². The van der Waals surface area contributed by atoms with Crippen molar-refractivity contribution in [3.63, 3.8) is 0 Å². The minimum absolute atomic E-state index is 0.310. The Morgan fingerprint density at radius 2 is 1.37 bits per heavy atom. The standard InChI is InChI=1S/C22H17ClN2O2/c23-18-12-6-5-11-17(18)22(27)25-20(21(24)26)19-15-9-3-1-7-13(15)14-8-2-4-10-16(14)19/h1-12,19-20H,(H2,24,26)(H,25,27)/t20-/m1/s1. The minimum Gasteiger partial charge on any atom is -0.368 e. The van der Waals surface area contributed by atoms with E-state index in [2.05, 4.69) is 5.32 Å². The molecule has 4 nitrogen and oxygen atoms in total. The molecule has 1 atom stereocenters. The van der Waals surface area contributed by atoms with Crippen LogP contribution in [0.3, 0.4) is 0 Å². The van der Waals surface area contributed by atoms with E-state index >= 15 is 0 Å². The van der Waals surface area contributed by atoms with E-state index < -0.39 is 17.9 Å². The molecule has 27 heavy (non-hydrogen) atoms. The van der Waals surface area contributed by atoms with E-state index in [4.69, 9.17) is 17.3 Å². The first kappa shape index (κ1) is 17.3. The van der Waals surface area contributed by atoms with Crippen LogP contribution in [0.1, 0.15) is 27.4 Å². The van der Waals surface area contributed by atoms with Gasteiger partial charge in [0.05, 0.1) is 10.6 Å². The van der Waals surface area contributed by atoms with Crippen LogP contribution in [0, 0.1) is 0 Å². The molecule has 0 radical (unpaired) electrons. The van der Waals surface area contributed by atoms with Crippen molar-refractivity contribution in [3.8, 4) is 11.1 Å². The van der Waals surface area contributed by atoms with Crippen LogP contribution in [0.4, 0.5) is 0 Å². The quantitative estimate of drug-likeness (QED) is 0.728. The van der Waals surface area contributed by atoms with Crippen molar-refractivity contribution in [2.24, 2.45) is 5.73 Å². The Morgan fingerprint density at radius 1 is 0.852 bits per heavy atom. The normalized spacial score (nSPS) is 13.5. The third kappa shape index (κ3) is 2.98. The fourth-order valence-electron chi connectivity index (χ4n) is 3.74. The molecule has 0 fully saturated rings. The van der Waals surface area contributed by atoms with Crippen molar-refractivity contribution in [2.45, 2.75) is 12.0 Å². The molecule has 0 bridgehead atoms. The van der Waals surface area contributed by atoms with Crippen LogP contribution in [0.2, 0.25) is 5.02 Å². The SMILES string of the molecule is NC(=O)[C@H](NC(=O)c1ccccc1Cl)C1c2ccccc2-c2ccccc21. The summed E-state index contributed by atoms with van der Waals surface area (Å²) in [4.78, 5) is 25.1. The number of fused-ring (bicyclic) bond motifs is 3. The number of carbonyl (C=O) groups excluding carboxylic acids is 2. The lowest BCUT2D eigenvalue weighted by Gasteiger charge is -2.24. The van der Waals surface area contributed by atoms with Crippen molar-refractivity contribution < 1.29 is 9.59 Å². The average molecular weight is 377 g/mol. The van der Waals surface area contributed by atoms with E-state index in [0.29, 0.717) is 10.6 Å². The molecule has 5 heteroatoms. The van der Waals surface area contributed by atoms with Gasteiger partial charge in [0.25, 0.3) is 5.91 Å². The number of nitrogens with one attached hydrogen (secondary N) is 1. The van der Waals surface area contributed by atoms with Gasteiger partial charge in [-0.05, 0) is 34.4 Å². The molecule has 1 aliphatic carbocycles. The van der Waals surface area contributed by atoms with Crippen LogP contribution in [0.15, 0.2) is 72.8 Å². The highest BCUT2D eigenvalue weighted by atomic mass is 35.5. The van der Waals surface area contributed by atoms with E-state index in [9.17, 15) is 9.59 Å². The molecule has 1 aliphatic rings. The first-order chi connectivity index (χ1) is 13.1. The lowest BCUT2D eigenvalue weighted by Crippen LogP contribution is -2.48. The Hall–Kier alpha value is -3.11. The summed E-state index contributed by atoms with van der Waals surface area (Å²) in [6.07, 6.45) is 0. The molecule has 0 heterocycles. The second-order valence-corrected chi connectivity index (χ2v) is 6.89. The van der Waals surface area contributed by atoms with Crippen molar-refractivity contribution in [1.29, 1.82) is 0 Å². The zero-order valence-electron chi connectivity index (χ0n) is 14.4. The maximum Gasteiger partial charge on any atom is 0.253 e. The molecule has 3 N–H and O–H groups in total. The van der Waals surface area contributed by atoms with Crippen molar-refractivity contribution in [1.82, 2.24) is 5.32 Å². The largest absolute Gasteiger partial charge is 0.368 e. The van der Waals surface area contributed by atoms with E-state index in [1.807, 2.05) is 48.5 Å². The third-order valence-electron chi connectivity index (χ3n) is 4.93. The summed E-state index contributed by atoms with van der Waals surface area (Å²) in [5, 5.41) is 3.12. The number of hydrogen-bond acceptors (Lipinski definition) is 2. The van der Waals surface area contributed by atoms with Gasteiger partial charge in [0.2, 0.25) is 5.91 Å². The van der Waals surface area contributed by atoms with Crippen LogP contribution in [0.5, 0.6) is 0 Å². The molecule has 3 aromatic rings. The van der Waals surface area contributed by atoms with E-state index in [1.54, 1.807) is 24.3 Å². The van der Waals surface area contributed by atoms with Gasteiger partial charge in [-0.3, -0.25) is 9.59 Å². The van der Waals surface area contributed by atoms with Gasteiger partial charge >= 0.3 is 0 Å².